The molecule has 14 atom stereocenters. The number of hydrogen-bond acceptors (Lipinski definition) is 17. The highest BCUT2D eigenvalue weighted by Crippen LogP contribution is 2.24. The van der Waals surface area contributed by atoms with Crippen molar-refractivity contribution < 1.29 is 67.4 Å². The summed E-state index contributed by atoms with van der Waals surface area (Å²) < 4.78 is 0. The van der Waals surface area contributed by atoms with Gasteiger partial charge in [0.1, 0.15) is 66.5 Å². The predicted molar refractivity (Wildman–Crippen MR) is 400 cm³/mol. The minimum atomic E-state index is -1.63. The van der Waals surface area contributed by atoms with Gasteiger partial charge in [-0.25, -0.2) is 0 Å². The average molecular weight is 1470 g/mol. The van der Waals surface area contributed by atoms with Gasteiger partial charge < -0.3 is 91.4 Å². The van der Waals surface area contributed by atoms with Crippen LogP contribution in [0.2, 0.25) is 0 Å². The number of benzene rings is 2. The second kappa shape index (κ2) is 47.1. The quantitative estimate of drug-likeness (QED) is 0.0398. The fourth-order valence-corrected chi connectivity index (χ4v) is 12.2. The Morgan fingerprint density at radius 2 is 0.886 bits per heavy atom. The molecule has 13 amide bonds. The van der Waals surface area contributed by atoms with Crippen LogP contribution in [0.1, 0.15) is 178 Å². The first-order valence-electron chi connectivity index (χ1n) is 37.4. The van der Waals surface area contributed by atoms with E-state index in [1.807, 2.05) is 71.9 Å². The smallest absolute Gasteiger partial charge is 0.246 e. The van der Waals surface area contributed by atoms with Gasteiger partial charge in [-0.05, 0) is 137 Å². The van der Waals surface area contributed by atoms with E-state index < -0.39 is 180 Å². The molecular weight excluding hydrogens is 1350 g/mol. The van der Waals surface area contributed by atoms with Crippen LogP contribution < -0.4 is 81.4 Å². The van der Waals surface area contributed by atoms with Crippen LogP contribution >= 0.6 is 0 Å². The fraction of sp³-hybridized carbons (Fsp3) is 0.667. The number of hydrogen-bond donors (Lipinski definition) is 16. The number of nitrogens with zero attached hydrogens (tertiary/aromatic N) is 1. The number of carbonyl (C=O) groups is 13. The molecule has 2 aromatic rings. The van der Waals surface area contributed by atoms with E-state index in [2.05, 4.69) is 58.5 Å². The van der Waals surface area contributed by atoms with Crippen molar-refractivity contribution in [2.24, 2.45) is 58.4 Å². The van der Waals surface area contributed by atoms with Gasteiger partial charge in [-0.3, -0.25) is 62.3 Å². The molecule has 0 radical (unpaired) electrons. The first kappa shape index (κ1) is 90.6. The molecule has 1 aliphatic heterocycles. The maximum absolute atomic E-state index is 14.9. The van der Waals surface area contributed by atoms with Crippen LogP contribution in [0.15, 0.2) is 60.7 Å². The zero-order valence-electron chi connectivity index (χ0n) is 63.8. The van der Waals surface area contributed by atoms with Crippen molar-refractivity contribution in [2.45, 2.75) is 252 Å². The Hall–Kier alpha value is -8.61. The number of amides is 13. The number of unbranched alkanes of at least 4 members (excludes halogenated alkanes) is 2. The molecule has 1 aliphatic rings. The van der Waals surface area contributed by atoms with E-state index in [9.17, 15) is 67.4 Å². The maximum atomic E-state index is 14.9. The largest absolute Gasteiger partial charge is 0.394 e. The van der Waals surface area contributed by atoms with Crippen molar-refractivity contribution in [3.05, 3.63) is 71.8 Å². The number of likely N-dealkylation sites (tertiary alicyclic amines) is 1. The van der Waals surface area contributed by atoms with Gasteiger partial charge >= 0.3 is 0 Å². The number of nitrogens with two attached hydrogens (primary N) is 4. The van der Waals surface area contributed by atoms with E-state index in [4.69, 9.17) is 22.9 Å². The molecule has 0 saturated carbocycles. The molecule has 20 N–H and O–H groups in total. The van der Waals surface area contributed by atoms with E-state index in [0.717, 1.165) is 5.56 Å². The van der Waals surface area contributed by atoms with Crippen molar-refractivity contribution in [2.75, 3.05) is 32.8 Å². The minimum absolute atomic E-state index is 0.0173. The third-order valence-corrected chi connectivity index (χ3v) is 18.7. The molecule has 588 valence electrons. The molecule has 0 aliphatic carbocycles. The molecule has 1 saturated heterocycles. The molecule has 0 bridgehead atoms. The van der Waals surface area contributed by atoms with Gasteiger partial charge in [0.2, 0.25) is 76.8 Å². The minimum Gasteiger partial charge on any atom is -0.394 e. The van der Waals surface area contributed by atoms with Crippen LogP contribution in [0.3, 0.4) is 0 Å². The van der Waals surface area contributed by atoms with E-state index >= 15 is 0 Å². The summed E-state index contributed by atoms with van der Waals surface area (Å²) in [6.45, 7) is 20.6. The molecule has 1 heterocycles. The fourth-order valence-electron chi connectivity index (χ4n) is 12.2. The number of nitrogens with one attached hydrogen (secondary N) is 11. The van der Waals surface area contributed by atoms with Crippen LogP contribution in [-0.2, 0) is 75.2 Å². The van der Waals surface area contributed by atoms with Gasteiger partial charge in [-0.2, -0.15) is 0 Å². The van der Waals surface area contributed by atoms with Gasteiger partial charge in [0.05, 0.1) is 19.2 Å². The maximum Gasteiger partial charge on any atom is 0.246 e. The monoisotopic (exact) mass is 1470 g/mol. The van der Waals surface area contributed by atoms with Crippen LogP contribution in [0, 0.1) is 35.5 Å². The lowest BCUT2D eigenvalue weighted by atomic mass is 9.95. The lowest BCUT2D eigenvalue weighted by Gasteiger charge is -2.33. The summed E-state index contributed by atoms with van der Waals surface area (Å²) in [4.78, 5) is 183. The molecule has 105 heavy (non-hydrogen) atoms. The molecule has 2 aromatic carbocycles. The highest BCUT2D eigenvalue weighted by atomic mass is 16.3. The summed E-state index contributed by atoms with van der Waals surface area (Å²) in [5.74, 6) is -11.3. The first-order chi connectivity index (χ1) is 49.7. The number of rotatable bonds is 48. The van der Waals surface area contributed by atoms with Gasteiger partial charge in [0.15, 0.2) is 0 Å². The Balaban J connectivity index is 1.81. The predicted octanol–water partition coefficient (Wildman–Crippen LogP) is 0.376. The van der Waals surface area contributed by atoms with E-state index in [-0.39, 0.29) is 82.2 Å². The van der Waals surface area contributed by atoms with E-state index in [1.165, 1.54) is 4.90 Å². The Morgan fingerprint density at radius 3 is 1.39 bits per heavy atom. The van der Waals surface area contributed by atoms with Gasteiger partial charge in [0, 0.05) is 13.0 Å². The second-order valence-corrected chi connectivity index (χ2v) is 29.4. The number of primary amides is 1. The van der Waals surface area contributed by atoms with Crippen molar-refractivity contribution >= 4 is 76.8 Å². The van der Waals surface area contributed by atoms with Crippen LogP contribution in [0.4, 0.5) is 0 Å². The first-order valence-corrected chi connectivity index (χ1v) is 37.4. The number of aliphatic hydroxyl groups is 1. The highest BCUT2D eigenvalue weighted by Gasteiger charge is 2.43. The Kier molecular flexibility index (Phi) is 40.6. The average Bonchev–Trinajstić information content (AvgIpc) is 1.75. The topological polar surface area (TPSA) is 482 Å². The molecule has 0 unspecified atom stereocenters. The van der Waals surface area contributed by atoms with Crippen LogP contribution in [0.5, 0.6) is 0 Å². The number of aliphatic hydroxyl groups excluding tert-OH is 1. The molecule has 1 fully saturated rings. The zero-order valence-corrected chi connectivity index (χ0v) is 63.8. The zero-order chi connectivity index (χ0) is 78.6. The van der Waals surface area contributed by atoms with Crippen LogP contribution in [0.25, 0.3) is 0 Å². The SMILES string of the molecule is CC[C@H](C)[C@H](NC(=O)[C@H](CCCCN)NC(=O)[C@@H]1CCCN1C(=O)[C@@H](NC(=O)[C@H](CC(C)C)NC(=O)[C@H](CCCCN)NC(=O)[C@H](CC(C)C)NC(=O)[C@@H](NC(=O)[C@H](CO)NC(=O)CNC(=O)[C@H](Cc1ccccc1)NC(=O)[C@@H](N)Cc1ccccc1)C(C)C)[C@@H](C)CC)C(=O)N[C@@H](CC(C)C)C(N)=O. The summed E-state index contributed by atoms with van der Waals surface area (Å²) in [6.07, 6.45) is 4.13. The Morgan fingerprint density at radius 1 is 0.467 bits per heavy atom. The molecular formula is C75H124N16O14. The molecule has 0 spiro atoms. The summed E-state index contributed by atoms with van der Waals surface area (Å²) >= 11 is 0. The molecule has 30 nitrogen and oxygen atoms in total. The standard InChI is InChI=1S/C75H124N16O14/c1-13-47(11)62(74(104)84-54(64(79)94)36-43(3)4)89-68(98)53(31-22-24-34-77)83-72(102)59-32-25-35-91(59)75(105)63(48(12)14-2)90-70(100)56(38-45(7)8)86-67(97)52(30-21-23-33-76)82-69(99)55(37-44(5)6)87-73(103)61(46(9)10)88-71(101)58(42-92)81-60(93)41-80-66(96)57(40-50-28-19-16-20-29-50)85-65(95)51(78)39-49-26-17-15-18-27-49/h15-20,26-29,43-48,51-59,61-63,92H,13-14,21-25,30-42,76-78H2,1-12H3,(H2,79,94)(H,80,96)(H,81,93)(H,82,99)(H,83,102)(H,84,104)(H,85,95)(H,86,97)(H,87,103)(H,88,101)(H,89,98)(H,90,100)/t47-,48-,51-,52-,53-,54-,55-,56-,57-,58-,59-,61-,62-,63-/m0/s1. The van der Waals surface area contributed by atoms with Crippen molar-refractivity contribution in [3.8, 4) is 0 Å². The molecule has 3 rings (SSSR count). The van der Waals surface area contributed by atoms with Crippen molar-refractivity contribution in [1.29, 1.82) is 0 Å². The Bertz CT molecular complexity index is 3120. The van der Waals surface area contributed by atoms with Gasteiger partial charge in [-0.15, -0.1) is 0 Å². The second-order valence-electron chi connectivity index (χ2n) is 29.4. The summed E-state index contributed by atoms with van der Waals surface area (Å²) in [5.41, 5.74) is 25.1. The summed E-state index contributed by atoms with van der Waals surface area (Å²) in [7, 11) is 0. The van der Waals surface area contributed by atoms with Crippen molar-refractivity contribution in [1.82, 2.24) is 63.4 Å². The lowest BCUT2D eigenvalue weighted by Crippen LogP contribution is -2.62. The number of carbonyl (C=O) groups excluding carboxylic acids is 13. The molecule has 30 heteroatoms. The lowest BCUT2D eigenvalue weighted by molar-refractivity contribution is -0.143. The Labute approximate surface area is 620 Å². The summed E-state index contributed by atoms with van der Waals surface area (Å²) in [5, 5.41) is 40.1. The van der Waals surface area contributed by atoms with Crippen LogP contribution in [-0.4, -0.2) is 192 Å². The third-order valence-electron chi connectivity index (χ3n) is 18.7. The van der Waals surface area contributed by atoms with E-state index in [1.54, 1.807) is 71.9 Å². The van der Waals surface area contributed by atoms with E-state index in [0.29, 0.717) is 57.1 Å². The van der Waals surface area contributed by atoms with Gasteiger partial charge in [-0.1, -0.05) is 157 Å². The molecule has 0 aromatic heterocycles. The summed E-state index contributed by atoms with van der Waals surface area (Å²) in [6, 6.07) is 3.45. The van der Waals surface area contributed by atoms with Gasteiger partial charge in [0.25, 0.3) is 0 Å². The van der Waals surface area contributed by atoms with Crippen molar-refractivity contribution in [3.63, 3.8) is 0 Å². The normalized spacial score (nSPS) is 16.6. The third kappa shape index (κ3) is 31.5. The highest BCUT2D eigenvalue weighted by molar-refractivity contribution is 6.00.